The highest BCUT2D eigenvalue weighted by Crippen LogP contribution is 2.39. The van der Waals surface area contributed by atoms with Crippen molar-refractivity contribution in [3.05, 3.63) is 35.1 Å². The molecular weight excluding hydrogens is 290 g/mol. The third-order valence-corrected chi connectivity index (χ3v) is 3.58. The van der Waals surface area contributed by atoms with Crippen LogP contribution in [0, 0.1) is 0 Å². The van der Waals surface area contributed by atoms with Gasteiger partial charge in [0.25, 0.3) is 0 Å². The lowest BCUT2D eigenvalue weighted by atomic mass is 10.1. The van der Waals surface area contributed by atoms with Crippen molar-refractivity contribution in [2.24, 2.45) is 0 Å². The van der Waals surface area contributed by atoms with Crippen LogP contribution in [0.3, 0.4) is 0 Å². The Labute approximate surface area is 128 Å². The second kappa shape index (κ2) is 5.15. The minimum absolute atomic E-state index is 0.0192. The van der Waals surface area contributed by atoms with Gasteiger partial charge in [-0.1, -0.05) is 11.6 Å². The van der Waals surface area contributed by atoms with Crippen molar-refractivity contribution in [3.8, 4) is 11.5 Å². The Morgan fingerprint density at radius 1 is 1.29 bits per heavy atom. The van der Waals surface area contributed by atoms with Crippen LogP contribution in [0.15, 0.2) is 24.5 Å². The molecule has 0 fully saturated rings. The van der Waals surface area contributed by atoms with Gasteiger partial charge in [0.15, 0.2) is 11.5 Å². The fraction of sp³-hybridized carbons (Fsp3) is 0.400. The van der Waals surface area contributed by atoms with E-state index in [0.29, 0.717) is 23.1 Å². The number of nitrogens with one attached hydrogen (secondary N) is 1. The van der Waals surface area contributed by atoms with Crippen LogP contribution in [-0.4, -0.2) is 16.6 Å². The van der Waals surface area contributed by atoms with Gasteiger partial charge >= 0.3 is 0 Å². The van der Waals surface area contributed by atoms with Gasteiger partial charge in [0.2, 0.25) is 6.79 Å². The minimum Gasteiger partial charge on any atom is -0.454 e. The molecule has 0 amide bonds. The van der Waals surface area contributed by atoms with Crippen LogP contribution in [0.2, 0.25) is 5.02 Å². The second-order valence-corrected chi connectivity index (χ2v) is 6.41. The van der Waals surface area contributed by atoms with Crippen LogP contribution in [0.1, 0.15) is 26.3 Å². The van der Waals surface area contributed by atoms with E-state index in [1.807, 2.05) is 23.1 Å². The van der Waals surface area contributed by atoms with Crippen molar-refractivity contribution in [1.29, 1.82) is 0 Å². The van der Waals surface area contributed by atoms with Gasteiger partial charge < -0.3 is 14.8 Å². The Morgan fingerprint density at radius 3 is 2.67 bits per heavy atom. The van der Waals surface area contributed by atoms with Gasteiger partial charge in [-0.05, 0) is 20.8 Å². The van der Waals surface area contributed by atoms with Crippen LogP contribution in [0.25, 0.3) is 0 Å². The lowest BCUT2D eigenvalue weighted by Gasteiger charge is -2.18. The maximum atomic E-state index is 6.23. The number of rotatable bonds is 3. The van der Waals surface area contributed by atoms with E-state index in [0.717, 1.165) is 11.3 Å². The van der Waals surface area contributed by atoms with E-state index in [4.69, 9.17) is 21.1 Å². The molecule has 1 aliphatic rings. The Bertz CT molecular complexity index is 661. The molecule has 1 aromatic carbocycles. The molecule has 1 aromatic heterocycles. The van der Waals surface area contributed by atoms with Crippen LogP contribution in [0.5, 0.6) is 11.5 Å². The SMILES string of the molecule is CC(C)(C)n1cc(CNc2cc3c(cc2Cl)OCO3)cn1. The van der Waals surface area contributed by atoms with E-state index >= 15 is 0 Å². The van der Waals surface area contributed by atoms with Crippen LogP contribution in [-0.2, 0) is 12.1 Å². The monoisotopic (exact) mass is 307 g/mol. The minimum atomic E-state index is -0.0192. The zero-order chi connectivity index (χ0) is 15.0. The summed E-state index contributed by atoms with van der Waals surface area (Å²) in [6.07, 6.45) is 3.90. The van der Waals surface area contributed by atoms with Crippen molar-refractivity contribution in [3.63, 3.8) is 0 Å². The van der Waals surface area contributed by atoms with Crippen LogP contribution < -0.4 is 14.8 Å². The number of hydrogen-bond acceptors (Lipinski definition) is 4. The average Bonchev–Trinajstić information content (AvgIpc) is 3.03. The predicted octanol–water partition coefficient (Wildman–Crippen LogP) is 3.63. The Morgan fingerprint density at radius 2 is 2.00 bits per heavy atom. The molecule has 6 heteroatoms. The smallest absolute Gasteiger partial charge is 0.231 e. The molecule has 0 saturated heterocycles. The highest BCUT2D eigenvalue weighted by atomic mass is 35.5. The van der Waals surface area contributed by atoms with Gasteiger partial charge in [-0.25, -0.2) is 0 Å². The van der Waals surface area contributed by atoms with Crippen molar-refractivity contribution >= 4 is 17.3 Å². The molecule has 2 aromatic rings. The number of anilines is 1. The topological polar surface area (TPSA) is 48.3 Å². The summed E-state index contributed by atoms with van der Waals surface area (Å²) in [6, 6.07) is 3.63. The molecule has 0 radical (unpaired) electrons. The zero-order valence-electron chi connectivity index (χ0n) is 12.3. The number of halogens is 1. The van der Waals surface area contributed by atoms with E-state index < -0.39 is 0 Å². The molecule has 0 unspecified atom stereocenters. The summed E-state index contributed by atoms with van der Waals surface area (Å²) in [5.41, 5.74) is 1.90. The van der Waals surface area contributed by atoms with Gasteiger partial charge in [0.1, 0.15) is 0 Å². The number of benzene rings is 1. The Hall–Kier alpha value is -1.88. The van der Waals surface area contributed by atoms with E-state index in [1.165, 1.54) is 0 Å². The molecule has 21 heavy (non-hydrogen) atoms. The van der Waals surface area contributed by atoms with E-state index in [-0.39, 0.29) is 12.3 Å². The summed E-state index contributed by atoms with van der Waals surface area (Å²) in [7, 11) is 0. The van der Waals surface area contributed by atoms with Crippen molar-refractivity contribution in [2.75, 3.05) is 12.1 Å². The highest BCUT2D eigenvalue weighted by molar-refractivity contribution is 6.33. The molecule has 112 valence electrons. The first-order valence-electron chi connectivity index (χ1n) is 6.80. The van der Waals surface area contributed by atoms with Crippen molar-refractivity contribution < 1.29 is 9.47 Å². The van der Waals surface area contributed by atoms with E-state index in [9.17, 15) is 0 Å². The lowest BCUT2D eigenvalue weighted by molar-refractivity contribution is 0.174. The number of nitrogens with zero attached hydrogens (tertiary/aromatic N) is 2. The first-order chi connectivity index (χ1) is 9.93. The highest BCUT2D eigenvalue weighted by Gasteiger charge is 2.17. The summed E-state index contributed by atoms with van der Waals surface area (Å²) in [4.78, 5) is 0. The number of fused-ring (bicyclic) bond motifs is 1. The van der Waals surface area contributed by atoms with Crippen LogP contribution >= 0.6 is 11.6 Å². The van der Waals surface area contributed by atoms with E-state index in [2.05, 4.69) is 31.2 Å². The second-order valence-electron chi connectivity index (χ2n) is 6.00. The third-order valence-electron chi connectivity index (χ3n) is 3.27. The van der Waals surface area contributed by atoms with E-state index in [1.54, 1.807) is 6.07 Å². The van der Waals surface area contributed by atoms with Gasteiger partial charge in [-0.2, -0.15) is 5.10 Å². The van der Waals surface area contributed by atoms with Crippen molar-refractivity contribution in [2.45, 2.75) is 32.9 Å². The summed E-state index contributed by atoms with van der Waals surface area (Å²) in [6.45, 7) is 7.24. The number of aromatic nitrogens is 2. The first-order valence-corrected chi connectivity index (χ1v) is 7.18. The molecule has 0 aliphatic carbocycles. The summed E-state index contributed by atoms with van der Waals surface area (Å²) in [5, 5.41) is 8.30. The third kappa shape index (κ3) is 2.93. The maximum absolute atomic E-state index is 6.23. The number of hydrogen-bond donors (Lipinski definition) is 1. The van der Waals surface area contributed by atoms with Gasteiger partial charge in [-0.15, -0.1) is 0 Å². The molecule has 5 nitrogen and oxygen atoms in total. The van der Waals surface area contributed by atoms with Crippen LogP contribution in [0.4, 0.5) is 5.69 Å². The maximum Gasteiger partial charge on any atom is 0.231 e. The summed E-state index contributed by atoms with van der Waals surface area (Å²) >= 11 is 6.23. The van der Waals surface area contributed by atoms with Gasteiger partial charge in [0, 0.05) is 30.4 Å². The lowest BCUT2D eigenvalue weighted by Crippen LogP contribution is -2.21. The van der Waals surface area contributed by atoms with Gasteiger partial charge in [-0.3, -0.25) is 4.68 Å². The first kappa shape index (κ1) is 14.1. The molecule has 0 bridgehead atoms. The van der Waals surface area contributed by atoms with Gasteiger partial charge in [0.05, 0.1) is 22.4 Å². The molecule has 0 spiro atoms. The Balaban J connectivity index is 1.72. The molecule has 1 N–H and O–H groups in total. The largest absolute Gasteiger partial charge is 0.454 e. The summed E-state index contributed by atoms with van der Waals surface area (Å²) in [5.74, 6) is 1.40. The Kier molecular flexibility index (Phi) is 3.45. The molecule has 0 atom stereocenters. The molecule has 0 saturated carbocycles. The molecular formula is C15H18ClN3O2. The molecule has 1 aliphatic heterocycles. The zero-order valence-corrected chi connectivity index (χ0v) is 13.1. The fourth-order valence-corrected chi connectivity index (χ4v) is 2.29. The van der Waals surface area contributed by atoms with Crippen molar-refractivity contribution in [1.82, 2.24) is 9.78 Å². The predicted molar refractivity (Wildman–Crippen MR) is 82.1 cm³/mol. The summed E-state index contributed by atoms with van der Waals surface area (Å²) < 4.78 is 12.6. The standard InChI is InChI=1S/C15H18ClN3O2/c1-15(2,3)19-8-10(7-18-19)6-17-12-5-14-13(4-11(12)16)20-9-21-14/h4-5,7-8,17H,6,9H2,1-3H3. The molecule has 3 rings (SSSR count). The fourth-order valence-electron chi connectivity index (χ4n) is 2.07. The quantitative estimate of drug-likeness (QED) is 0.940. The number of ether oxygens (including phenoxy) is 2. The molecule has 2 heterocycles. The average molecular weight is 308 g/mol. The normalized spacial score (nSPS) is 13.5.